The largest absolute Gasteiger partial charge is 0.381 e. The second kappa shape index (κ2) is 8.77. The number of ether oxygens (including phenoxy) is 1. The van der Waals surface area contributed by atoms with Crippen LogP contribution >= 0.6 is 15.9 Å². The topological polar surface area (TPSA) is 105 Å². The van der Waals surface area contributed by atoms with Crippen molar-refractivity contribution in [1.82, 2.24) is 24.6 Å². The number of fused-ring (bicyclic) bond motifs is 4. The minimum absolute atomic E-state index is 0. The molecule has 3 aromatic heterocycles. The van der Waals surface area contributed by atoms with E-state index in [0.29, 0.717) is 36.7 Å². The number of H-pyrrole nitrogens is 1. The molecule has 9 nitrogen and oxygen atoms in total. The number of rotatable bonds is 2. The van der Waals surface area contributed by atoms with Crippen LogP contribution in [0.5, 0.6) is 0 Å². The average Bonchev–Trinajstić information content (AvgIpc) is 3.39. The summed E-state index contributed by atoms with van der Waals surface area (Å²) >= 11 is 3.50. The molecule has 6 rings (SSSR count). The number of hydrogen-bond acceptors (Lipinski definition) is 6. The van der Waals surface area contributed by atoms with Gasteiger partial charge in [-0.05, 0) is 59.5 Å². The van der Waals surface area contributed by atoms with Gasteiger partial charge >= 0.3 is 0 Å². The highest BCUT2D eigenvalue weighted by molar-refractivity contribution is 9.10. The molecule has 1 N–H and O–H groups in total. The first-order chi connectivity index (χ1) is 16.7. The highest BCUT2D eigenvalue weighted by Crippen LogP contribution is 2.41. The van der Waals surface area contributed by atoms with E-state index in [-0.39, 0.29) is 35.9 Å². The number of anilines is 1. The van der Waals surface area contributed by atoms with Crippen LogP contribution in [0.2, 0.25) is 0 Å². The van der Waals surface area contributed by atoms with E-state index in [4.69, 9.17) is 4.74 Å². The van der Waals surface area contributed by atoms with Gasteiger partial charge in [0.25, 0.3) is 11.5 Å². The summed E-state index contributed by atoms with van der Waals surface area (Å²) < 4.78 is 8.23. The van der Waals surface area contributed by atoms with Gasteiger partial charge in [-0.1, -0.05) is 21.3 Å². The second-order valence-electron chi connectivity index (χ2n) is 10.0. The number of aryl methyl sites for hydroxylation is 1. The van der Waals surface area contributed by atoms with E-state index in [1.54, 1.807) is 17.2 Å². The molecule has 0 unspecified atom stereocenters. The van der Waals surface area contributed by atoms with Gasteiger partial charge < -0.3 is 9.72 Å². The van der Waals surface area contributed by atoms with Crippen molar-refractivity contribution in [2.45, 2.75) is 52.4 Å². The summed E-state index contributed by atoms with van der Waals surface area (Å²) in [6.45, 7) is 7.99. The minimum Gasteiger partial charge on any atom is -0.381 e. The first-order valence-electron chi connectivity index (χ1n) is 11.7. The van der Waals surface area contributed by atoms with Gasteiger partial charge in [0, 0.05) is 52.9 Å². The van der Waals surface area contributed by atoms with Crippen LogP contribution < -0.4 is 10.5 Å². The summed E-state index contributed by atoms with van der Waals surface area (Å²) in [6, 6.07) is 5.74. The Morgan fingerprint density at radius 2 is 1.94 bits per heavy atom. The van der Waals surface area contributed by atoms with E-state index in [9.17, 15) is 9.59 Å². The highest BCUT2D eigenvalue weighted by atomic mass is 79.9. The molecule has 0 radical (unpaired) electrons. The maximum absolute atomic E-state index is 13.8. The number of aromatic nitrogens is 5. The molecule has 0 spiro atoms. The van der Waals surface area contributed by atoms with Crippen LogP contribution in [-0.2, 0) is 10.2 Å². The fraction of sp³-hybridized carbons (Fsp3) is 0.423. The molecule has 10 heteroatoms. The van der Waals surface area contributed by atoms with Gasteiger partial charge in [0.05, 0.1) is 11.0 Å². The Morgan fingerprint density at radius 3 is 2.69 bits per heavy atom. The summed E-state index contributed by atoms with van der Waals surface area (Å²) in [6.07, 6.45) is 3.38. The predicted molar refractivity (Wildman–Crippen MR) is 142 cm³/mol. The van der Waals surface area contributed by atoms with E-state index in [1.807, 2.05) is 23.5 Å². The molecular formula is C26H29BrN6O3. The zero-order valence-electron chi connectivity index (χ0n) is 19.8. The van der Waals surface area contributed by atoms with Gasteiger partial charge in [-0.3, -0.25) is 18.9 Å². The molecule has 2 aliphatic heterocycles. The molecule has 1 saturated heterocycles. The van der Waals surface area contributed by atoms with Crippen LogP contribution in [0.1, 0.15) is 67.3 Å². The molecule has 5 heterocycles. The minimum atomic E-state index is -0.329. The fourth-order valence-corrected chi connectivity index (χ4v) is 5.63. The summed E-state index contributed by atoms with van der Waals surface area (Å²) in [7, 11) is 0. The molecule has 1 aromatic carbocycles. The number of halogens is 1. The number of nitrogens with one attached hydrogen (secondary N) is 1. The van der Waals surface area contributed by atoms with Gasteiger partial charge in [-0.15, -0.1) is 10.2 Å². The Bertz CT molecular complexity index is 1570. The van der Waals surface area contributed by atoms with Crippen molar-refractivity contribution in [3.8, 4) is 0 Å². The fourth-order valence-electron chi connectivity index (χ4n) is 5.30. The first-order valence-corrected chi connectivity index (χ1v) is 12.5. The Morgan fingerprint density at radius 1 is 1.19 bits per heavy atom. The lowest BCUT2D eigenvalue weighted by molar-refractivity contribution is 0.0834. The van der Waals surface area contributed by atoms with E-state index in [2.05, 4.69) is 49.9 Å². The van der Waals surface area contributed by atoms with E-state index in [0.717, 1.165) is 39.8 Å². The van der Waals surface area contributed by atoms with Gasteiger partial charge in [0.15, 0.2) is 0 Å². The molecule has 1 amide bonds. The third-order valence-electron chi connectivity index (χ3n) is 7.16. The lowest BCUT2D eigenvalue weighted by Crippen LogP contribution is -2.34. The predicted octanol–water partition coefficient (Wildman–Crippen LogP) is 4.50. The van der Waals surface area contributed by atoms with Crippen molar-refractivity contribution in [1.29, 1.82) is 0 Å². The molecular weight excluding hydrogens is 524 g/mol. The summed E-state index contributed by atoms with van der Waals surface area (Å²) in [4.78, 5) is 35.9. The van der Waals surface area contributed by atoms with Crippen molar-refractivity contribution in [3.63, 3.8) is 0 Å². The normalized spacial score (nSPS) is 17.4. The van der Waals surface area contributed by atoms with Crippen LogP contribution in [0.25, 0.3) is 16.7 Å². The standard InChI is InChI=1S/C25H25BrN6O3.CH4/c1-13-8-19-18(28-23(33)22-30-29-20(32(19)22)14-4-6-35-7-5-14)10-16(13)24(34)31-12-25(2,3)17-9-15(26)11-27-21(17)31;/h8-11,14H,4-7,12H2,1-3H3,(H,28,33);1H4. The summed E-state index contributed by atoms with van der Waals surface area (Å²) in [5.41, 5.74) is 3.43. The van der Waals surface area contributed by atoms with Crippen molar-refractivity contribution in [2.24, 2.45) is 0 Å². The zero-order chi connectivity index (χ0) is 24.5. The van der Waals surface area contributed by atoms with Crippen LogP contribution in [-0.4, -0.2) is 50.2 Å². The monoisotopic (exact) mass is 552 g/mol. The van der Waals surface area contributed by atoms with Gasteiger partial charge in [0.2, 0.25) is 5.65 Å². The maximum Gasteiger partial charge on any atom is 0.294 e. The number of carbonyl (C=O) groups excluding carboxylic acids is 1. The third kappa shape index (κ3) is 3.74. The lowest BCUT2D eigenvalue weighted by Gasteiger charge is -2.22. The Labute approximate surface area is 217 Å². The van der Waals surface area contributed by atoms with Crippen molar-refractivity contribution in [2.75, 3.05) is 24.7 Å². The Kier molecular flexibility index (Phi) is 5.99. The summed E-state index contributed by atoms with van der Waals surface area (Å²) in [5, 5.41) is 8.56. The van der Waals surface area contributed by atoms with Gasteiger partial charge in [0.1, 0.15) is 11.6 Å². The molecule has 2 aliphatic rings. The van der Waals surface area contributed by atoms with Crippen LogP contribution in [0.4, 0.5) is 5.82 Å². The van der Waals surface area contributed by atoms with Crippen molar-refractivity contribution in [3.05, 3.63) is 61.7 Å². The molecule has 4 aromatic rings. The molecule has 0 bridgehead atoms. The van der Waals surface area contributed by atoms with Gasteiger partial charge in [-0.2, -0.15) is 0 Å². The molecule has 0 saturated carbocycles. The lowest BCUT2D eigenvalue weighted by atomic mass is 9.88. The van der Waals surface area contributed by atoms with Crippen LogP contribution in [0.3, 0.4) is 0 Å². The highest BCUT2D eigenvalue weighted by Gasteiger charge is 2.40. The maximum atomic E-state index is 13.8. The van der Waals surface area contributed by atoms with Crippen LogP contribution in [0, 0.1) is 6.92 Å². The molecule has 0 aliphatic carbocycles. The number of carbonyl (C=O) groups is 1. The molecule has 1 fully saturated rings. The Hall–Kier alpha value is -3.11. The number of amides is 1. The number of nitrogens with zero attached hydrogens (tertiary/aromatic N) is 5. The van der Waals surface area contributed by atoms with E-state index >= 15 is 0 Å². The molecule has 0 atom stereocenters. The van der Waals surface area contributed by atoms with Crippen LogP contribution in [0.15, 0.2) is 33.7 Å². The number of benzene rings is 1. The number of pyridine rings is 1. The quantitative estimate of drug-likeness (QED) is 0.392. The third-order valence-corrected chi connectivity index (χ3v) is 7.59. The Balaban J connectivity index is 0.00000267. The number of aromatic amines is 1. The second-order valence-corrected chi connectivity index (χ2v) is 11.0. The van der Waals surface area contributed by atoms with E-state index in [1.165, 1.54) is 0 Å². The average molecular weight is 553 g/mol. The smallest absolute Gasteiger partial charge is 0.294 e. The van der Waals surface area contributed by atoms with Gasteiger partial charge in [-0.25, -0.2) is 4.98 Å². The number of hydrogen-bond donors (Lipinski definition) is 1. The van der Waals surface area contributed by atoms with Crippen molar-refractivity contribution < 1.29 is 9.53 Å². The SMILES string of the molecule is C.Cc1cc2c(cc1C(=O)N1CC(C)(C)c3cc(Br)cnc31)[nH]c(=O)c1nnc(C3CCOCC3)n12. The van der Waals surface area contributed by atoms with E-state index < -0.39 is 0 Å². The zero-order valence-corrected chi connectivity index (χ0v) is 21.3. The molecule has 36 heavy (non-hydrogen) atoms. The van der Waals surface area contributed by atoms with Crippen molar-refractivity contribution >= 4 is 44.3 Å². The molecule has 188 valence electrons. The first kappa shape index (κ1) is 24.6. The summed E-state index contributed by atoms with van der Waals surface area (Å²) in [5.74, 6) is 1.47.